The number of nitrogens with zero attached hydrogens (tertiary/aromatic N) is 1. The Morgan fingerprint density at radius 3 is 2.48 bits per heavy atom. The molecule has 1 aliphatic heterocycles. The van der Waals surface area contributed by atoms with Gasteiger partial charge in [0.15, 0.2) is 0 Å². The van der Waals surface area contributed by atoms with E-state index < -0.39 is 0 Å². The summed E-state index contributed by atoms with van der Waals surface area (Å²) in [6.07, 6.45) is 2.77. The van der Waals surface area contributed by atoms with Crippen LogP contribution in [-0.4, -0.2) is 53.7 Å². The van der Waals surface area contributed by atoms with Crippen molar-refractivity contribution in [1.29, 1.82) is 0 Å². The maximum atomic E-state index is 12.5. The molecular weight excluding hydrogens is 318 g/mol. The van der Waals surface area contributed by atoms with Gasteiger partial charge in [-0.1, -0.05) is 37.3 Å². The van der Waals surface area contributed by atoms with Gasteiger partial charge in [-0.25, -0.2) is 4.79 Å². The van der Waals surface area contributed by atoms with Crippen LogP contribution in [0.15, 0.2) is 30.3 Å². The molecule has 0 unspecified atom stereocenters. The first-order valence-corrected chi connectivity index (χ1v) is 9.17. The number of carbonyl (C=O) groups is 2. The van der Waals surface area contributed by atoms with E-state index in [4.69, 9.17) is 0 Å². The molecular formula is C19H27N3O3. The average Bonchev–Trinajstić information content (AvgIpc) is 3.45. The minimum atomic E-state index is -0.262. The molecule has 25 heavy (non-hydrogen) atoms. The first-order valence-electron chi connectivity index (χ1n) is 9.17. The van der Waals surface area contributed by atoms with Crippen molar-refractivity contribution >= 4 is 11.9 Å². The van der Waals surface area contributed by atoms with Crippen molar-refractivity contribution in [3.63, 3.8) is 0 Å². The Hall–Kier alpha value is -2.08. The number of aliphatic hydroxyl groups is 1. The number of hydrogen-bond donors (Lipinski definition) is 3. The largest absolute Gasteiger partial charge is 0.394 e. The third-order valence-electron chi connectivity index (χ3n) is 5.11. The highest BCUT2D eigenvalue weighted by atomic mass is 16.3. The first-order chi connectivity index (χ1) is 12.2. The Morgan fingerprint density at radius 2 is 1.88 bits per heavy atom. The second-order valence-electron chi connectivity index (χ2n) is 6.91. The van der Waals surface area contributed by atoms with E-state index in [-0.39, 0.29) is 42.5 Å². The molecule has 3 atom stereocenters. The van der Waals surface area contributed by atoms with Gasteiger partial charge in [0.25, 0.3) is 0 Å². The number of urea groups is 1. The van der Waals surface area contributed by atoms with Crippen LogP contribution >= 0.6 is 0 Å². The van der Waals surface area contributed by atoms with Crippen LogP contribution in [0.25, 0.3) is 0 Å². The van der Waals surface area contributed by atoms with Crippen molar-refractivity contribution in [2.75, 3.05) is 19.7 Å². The molecule has 2 fully saturated rings. The highest BCUT2D eigenvalue weighted by Crippen LogP contribution is 2.40. The first kappa shape index (κ1) is 17.7. The maximum absolute atomic E-state index is 12.5. The van der Waals surface area contributed by atoms with Gasteiger partial charge in [-0.2, -0.15) is 0 Å². The number of aliphatic hydroxyl groups excluding tert-OH is 1. The Bertz CT molecular complexity index is 603. The van der Waals surface area contributed by atoms with Gasteiger partial charge >= 0.3 is 6.03 Å². The highest BCUT2D eigenvalue weighted by Gasteiger charge is 2.51. The fourth-order valence-electron chi connectivity index (χ4n) is 3.61. The number of amides is 3. The molecule has 2 aliphatic rings. The van der Waals surface area contributed by atoms with Crippen LogP contribution in [0.2, 0.25) is 0 Å². The zero-order valence-corrected chi connectivity index (χ0v) is 14.6. The Labute approximate surface area is 148 Å². The molecule has 0 spiro atoms. The number of benzene rings is 1. The van der Waals surface area contributed by atoms with Gasteiger partial charge in [-0.3, -0.25) is 4.79 Å². The molecule has 1 saturated carbocycles. The van der Waals surface area contributed by atoms with Crippen molar-refractivity contribution < 1.29 is 14.7 Å². The molecule has 0 radical (unpaired) electrons. The van der Waals surface area contributed by atoms with Crippen molar-refractivity contribution in [2.45, 2.75) is 44.2 Å². The molecule has 0 aromatic heterocycles. The smallest absolute Gasteiger partial charge is 0.318 e. The summed E-state index contributed by atoms with van der Waals surface area (Å²) in [6, 6.07) is 9.34. The average molecular weight is 345 g/mol. The molecule has 136 valence electrons. The van der Waals surface area contributed by atoms with E-state index in [0.717, 1.165) is 24.8 Å². The second kappa shape index (κ2) is 7.87. The molecule has 3 rings (SSSR count). The zero-order valence-electron chi connectivity index (χ0n) is 14.6. The molecule has 3 amide bonds. The lowest BCUT2D eigenvalue weighted by Gasteiger charge is -2.54. The van der Waals surface area contributed by atoms with E-state index in [2.05, 4.69) is 10.6 Å². The van der Waals surface area contributed by atoms with Crippen LogP contribution in [0, 0.1) is 5.92 Å². The summed E-state index contributed by atoms with van der Waals surface area (Å²) >= 11 is 0. The van der Waals surface area contributed by atoms with E-state index in [1.807, 2.05) is 37.3 Å². The summed E-state index contributed by atoms with van der Waals surface area (Å²) in [5, 5.41) is 15.7. The van der Waals surface area contributed by atoms with Gasteiger partial charge in [0.1, 0.15) is 0 Å². The summed E-state index contributed by atoms with van der Waals surface area (Å²) in [5.74, 6) is 0.248. The van der Waals surface area contributed by atoms with E-state index >= 15 is 0 Å². The summed E-state index contributed by atoms with van der Waals surface area (Å²) in [4.78, 5) is 26.2. The van der Waals surface area contributed by atoms with Gasteiger partial charge in [0.05, 0.1) is 18.7 Å². The van der Waals surface area contributed by atoms with Crippen molar-refractivity contribution in [3.05, 3.63) is 35.9 Å². The fraction of sp³-hybridized carbons (Fsp3) is 0.579. The lowest BCUT2D eigenvalue weighted by molar-refractivity contribution is -0.123. The van der Waals surface area contributed by atoms with Gasteiger partial charge in [-0.05, 0) is 24.8 Å². The number of hydrogen-bond acceptors (Lipinski definition) is 3. The quantitative estimate of drug-likeness (QED) is 0.700. The lowest BCUT2D eigenvalue weighted by atomic mass is 9.75. The van der Waals surface area contributed by atoms with Crippen molar-refractivity contribution in [3.8, 4) is 0 Å². The van der Waals surface area contributed by atoms with Gasteiger partial charge < -0.3 is 20.6 Å². The predicted octanol–water partition coefficient (Wildman–Crippen LogP) is 1.46. The monoisotopic (exact) mass is 345 g/mol. The topological polar surface area (TPSA) is 81.7 Å². The van der Waals surface area contributed by atoms with Crippen LogP contribution in [0.1, 0.15) is 37.7 Å². The zero-order chi connectivity index (χ0) is 17.8. The summed E-state index contributed by atoms with van der Waals surface area (Å²) in [6.45, 7) is 2.93. The summed E-state index contributed by atoms with van der Waals surface area (Å²) in [7, 11) is 0. The normalized spacial score (nSPS) is 25.2. The third kappa shape index (κ3) is 3.79. The van der Waals surface area contributed by atoms with Crippen LogP contribution in [0.4, 0.5) is 4.79 Å². The number of likely N-dealkylation sites (tertiary alicyclic amines) is 1. The van der Waals surface area contributed by atoms with Gasteiger partial charge in [0, 0.05) is 24.9 Å². The number of rotatable bonds is 7. The minimum Gasteiger partial charge on any atom is -0.394 e. The van der Waals surface area contributed by atoms with Crippen LogP contribution in [0.5, 0.6) is 0 Å². The highest BCUT2D eigenvalue weighted by molar-refractivity contribution is 5.81. The molecule has 1 aromatic carbocycles. The molecule has 6 heteroatoms. The van der Waals surface area contributed by atoms with Gasteiger partial charge in [0.2, 0.25) is 5.91 Å². The number of nitrogens with one attached hydrogen (secondary N) is 2. The third-order valence-corrected chi connectivity index (χ3v) is 5.11. The molecule has 0 bridgehead atoms. The maximum Gasteiger partial charge on any atom is 0.318 e. The molecule has 1 aromatic rings. The minimum absolute atomic E-state index is 0.0260. The Morgan fingerprint density at radius 1 is 1.16 bits per heavy atom. The van der Waals surface area contributed by atoms with E-state index in [1.54, 1.807) is 4.90 Å². The predicted molar refractivity (Wildman–Crippen MR) is 95.1 cm³/mol. The van der Waals surface area contributed by atoms with E-state index in [9.17, 15) is 14.7 Å². The van der Waals surface area contributed by atoms with Gasteiger partial charge in [-0.15, -0.1) is 0 Å². The van der Waals surface area contributed by atoms with Crippen molar-refractivity contribution in [2.24, 2.45) is 5.92 Å². The van der Waals surface area contributed by atoms with Crippen molar-refractivity contribution in [1.82, 2.24) is 15.5 Å². The molecule has 1 saturated heterocycles. The molecule has 1 aliphatic carbocycles. The standard InChI is InChI=1S/C19H27N3O3/c1-2-10-20-19(25)22-15(11-21-18(24)14-8-9-14)17(16(22)12-23)13-6-4-3-5-7-13/h3-7,14-17,23H,2,8-12H2,1H3,(H,20,25)(H,21,24)/t15-,16+,17+/m0/s1. The Balaban J connectivity index is 1.74. The summed E-state index contributed by atoms with van der Waals surface area (Å²) in [5.41, 5.74) is 1.09. The van der Waals surface area contributed by atoms with E-state index in [1.165, 1.54) is 0 Å². The lowest BCUT2D eigenvalue weighted by Crippen LogP contribution is -2.70. The van der Waals surface area contributed by atoms with Crippen LogP contribution < -0.4 is 10.6 Å². The van der Waals surface area contributed by atoms with Crippen LogP contribution in [0.3, 0.4) is 0 Å². The SMILES string of the molecule is CCCNC(=O)N1[C@H](CO)[C@H](c2ccccc2)[C@@H]1CNC(=O)C1CC1. The Kier molecular flexibility index (Phi) is 5.58. The molecule has 6 nitrogen and oxygen atoms in total. The van der Waals surface area contributed by atoms with E-state index in [0.29, 0.717) is 13.1 Å². The number of carbonyl (C=O) groups excluding carboxylic acids is 2. The fourth-order valence-corrected chi connectivity index (χ4v) is 3.61. The summed E-state index contributed by atoms with van der Waals surface area (Å²) < 4.78 is 0. The van der Waals surface area contributed by atoms with Crippen LogP contribution in [-0.2, 0) is 4.79 Å². The molecule has 3 N–H and O–H groups in total. The molecule has 1 heterocycles. The second-order valence-corrected chi connectivity index (χ2v) is 6.91.